The van der Waals surface area contributed by atoms with Gasteiger partial charge in [-0.05, 0) is 25.1 Å². The van der Waals surface area contributed by atoms with Gasteiger partial charge >= 0.3 is 0 Å². The van der Waals surface area contributed by atoms with Gasteiger partial charge < -0.3 is 9.97 Å². The number of nitrogens with one attached hydrogen (secondary N) is 2. The Morgan fingerprint density at radius 2 is 2.15 bits per heavy atom. The van der Waals surface area contributed by atoms with Crippen molar-refractivity contribution in [2.45, 2.75) is 12.2 Å². The summed E-state index contributed by atoms with van der Waals surface area (Å²) in [5.74, 6) is 0.242. The molecule has 2 heterocycles. The van der Waals surface area contributed by atoms with E-state index in [9.17, 15) is 9.18 Å². The summed E-state index contributed by atoms with van der Waals surface area (Å²) < 4.78 is 13.2. The Labute approximate surface area is 119 Å². The quantitative estimate of drug-likeness (QED) is 0.635. The van der Waals surface area contributed by atoms with Crippen LogP contribution in [0.1, 0.15) is 22.3 Å². The van der Waals surface area contributed by atoms with Crippen molar-refractivity contribution in [3.63, 3.8) is 0 Å². The number of hydrogen-bond donors (Lipinski definition) is 3. The van der Waals surface area contributed by atoms with Crippen molar-refractivity contribution < 1.29 is 4.39 Å². The van der Waals surface area contributed by atoms with E-state index in [1.165, 1.54) is 18.2 Å². The lowest BCUT2D eigenvalue weighted by molar-refractivity contribution is 0.629. The molecule has 0 aliphatic heterocycles. The molecule has 0 radical (unpaired) electrons. The lowest BCUT2D eigenvalue weighted by Gasteiger charge is -2.10. The molecule has 2 N–H and O–H groups in total. The largest absolute Gasteiger partial charge is 0.363 e. The monoisotopic (exact) mass is 289 g/mol. The van der Waals surface area contributed by atoms with E-state index in [-0.39, 0.29) is 11.2 Å². The van der Waals surface area contributed by atoms with Gasteiger partial charge in [0.15, 0.2) is 5.43 Å². The molecule has 4 nitrogen and oxygen atoms in total. The fourth-order valence-electron chi connectivity index (χ4n) is 2.12. The van der Waals surface area contributed by atoms with E-state index in [0.717, 1.165) is 0 Å². The van der Waals surface area contributed by atoms with Gasteiger partial charge in [-0.25, -0.2) is 9.37 Å². The van der Waals surface area contributed by atoms with Gasteiger partial charge in [0, 0.05) is 23.5 Å². The molecule has 0 aliphatic carbocycles. The Morgan fingerprint density at radius 3 is 2.95 bits per heavy atom. The molecular formula is C14H12FN3OS. The highest BCUT2D eigenvalue weighted by atomic mass is 32.1. The maximum Gasteiger partial charge on any atom is 0.184 e. The maximum atomic E-state index is 13.2. The summed E-state index contributed by atoms with van der Waals surface area (Å²) in [7, 11) is 0. The minimum Gasteiger partial charge on any atom is -0.363 e. The lowest BCUT2D eigenvalue weighted by Crippen LogP contribution is -2.11. The van der Waals surface area contributed by atoms with E-state index in [4.69, 9.17) is 0 Å². The van der Waals surface area contributed by atoms with Crippen LogP contribution in [0.2, 0.25) is 0 Å². The van der Waals surface area contributed by atoms with Crippen LogP contribution in [-0.4, -0.2) is 15.0 Å². The molecule has 20 heavy (non-hydrogen) atoms. The number of aromatic nitrogens is 3. The molecule has 0 amide bonds. The number of benzene rings is 1. The number of imidazole rings is 1. The summed E-state index contributed by atoms with van der Waals surface area (Å²) in [6.45, 7) is 1.74. The Morgan fingerprint density at radius 1 is 1.35 bits per heavy atom. The van der Waals surface area contributed by atoms with Gasteiger partial charge in [0.05, 0.1) is 11.0 Å². The molecule has 0 saturated carbocycles. The number of hydrogen-bond acceptors (Lipinski definition) is 3. The van der Waals surface area contributed by atoms with Crippen molar-refractivity contribution in [3.8, 4) is 0 Å². The molecule has 0 saturated heterocycles. The molecule has 1 unspecified atom stereocenters. The van der Waals surface area contributed by atoms with Crippen LogP contribution in [0.25, 0.3) is 11.0 Å². The van der Waals surface area contributed by atoms with Crippen LogP contribution in [0.3, 0.4) is 0 Å². The Hall–Kier alpha value is -2.08. The number of halogens is 1. The minimum absolute atomic E-state index is 0.0556. The van der Waals surface area contributed by atoms with Gasteiger partial charge in [-0.3, -0.25) is 4.79 Å². The van der Waals surface area contributed by atoms with Crippen LogP contribution in [0, 0.1) is 12.7 Å². The van der Waals surface area contributed by atoms with E-state index in [2.05, 4.69) is 27.6 Å². The highest BCUT2D eigenvalue weighted by molar-refractivity contribution is 7.80. The maximum absolute atomic E-state index is 13.2. The third-order valence-corrected chi connectivity index (χ3v) is 3.74. The van der Waals surface area contributed by atoms with Crippen LogP contribution in [0.15, 0.2) is 35.3 Å². The third-order valence-electron chi connectivity index (χ3n) is 3.24. The number of nitrogens with zero attached hydrogens (tertiary/aromatic N) is 1. The number of fused-ring (bicyclic) bond motifs is 1. The predicted molar refractivity (Wildman–Crippen MR) is 78.7 cm³/mol. The zero-order valence-electron chi connectivity index (χ0n) is 10.6. The van der Waals surface area contributed by atoms with Crippen LogP contribution in [-0.2, 0) is 0 Å². The van der Waals surface area contributed by atoms with Gasteiger partial charge in [0.2, 0.25) is 0 Å². The zero-order valence-corrected chi connectivity index (χ0v) is 11.5. The second-order valence-corrected chi connectivity index (χ2v) is 5.08. The number of H-pyrrole nitrogens is 2. The Kier molecular flexibility index (Phi) is 3.10. The SMILES string of the molecule is Cc1c(C(S)c2nc3ccc(F)cc3[nH]2)[nH]ccc1=O. The van der Waals surface area contributed by atoms with Crippen molar-refractivity contribution in [3.05, 3.63) is 63.6 Å². The first-order valence-corrected chi connectivity index (χ1v) is 6.59. The average Bonchev–Trinajstić information content (AvgIpc) is 2.84. The van der Waals surface area contributed by atoms with Gasteiger partial charge in [0.25, 0.3) is 0 Å². The second kappa shape index (κ2) is 4.79. The highest BCUT2D eigenvalue weighted by Gasteiger charge is 2.17. The van der Waals surface area contributed by atoms with Crippen LogP contribution < -0.4 is 5.43 Å². The topological polar surface area (TPSA) is 61.5 Å². The molecule has 0 spiro atoms. The standard InChI is InChI=1S/C14H12FN3OS/c1-7-11(19)4-5-16-12(7)13(20)14-17-9-3-2-8(15)6-10(9)18-14/h2-6,13,20H,1H3,(H,16,19)(H,17,18). The summed E-state index contributed by atoms with van der Waals surface area (Å²) in [4.78, 5) is 22.1. The van der Waals surface area contributed by atoms with Crippen molar-refractivity contribution in [2.24, 2.45) is 0 Å². The number of rotatable bonds is 2. The van der Waals surface area contributed by atoms with Gasteiger partial charge in [-0.15, -0.1) is 0 Å². The smallest absolute Gasteiger partial charge is 0.184 e. The number of thiol groups is 1. The van der Waals surface area contributed by atoms with E-state index in [1.807, 2.05) is 0 Å². The fourth-order valence-corrected chi connectivity index (χ4v) is 2.52. The molecule has 6 heteroatoms. The number of aromatic amines is 2. The first kappa shape index (κ1) is 12.9. The molecule has 0 aliphatic rings. The summed E-state index contributed by atoms with van der Waals surface area (Å²) in [5, 5.41) is -0.403. The molecule has 2 aromatic heterocycles. The molecule has 3 aromatic rings. The van der Waals surface area contributed by atoms with Crippen molar-refractivity contribution in [2.75, 3.05) is 0 Å². The molecule has 1 atom stereocenters. The van der Waals surface area contributed by atoms with Crippen LogP contribution in [0.4, 0.5) is 4.39 Å². The Bertz CT molecular complexity index is 840. The minimum atomic E-state index is -0.403. The predicted octanol–water partition coefficient (Wildman–Crippen LogP) is 2.72. The normalized spacial score (nSPS) is 12.8. The average molecular weight is 289 g/mol. The molecule has 0 fully saturated rings. The Balaban J connectivity index is 2.10. The molecular weight excluding hydrogens is 277 g/mol. The van der Waals surface area contributed by atoms with E-state index in [0.29, 0.717) is 28.1 Å². The van der Waals surface area contributed by atoms with E-state index in [1.54, 1.807) is 19.2 Å². The summed E-state index contributed by atoms with van der Waals surface area (Å²) >= 11 is 4.50. The molecule has 3 rings (SSSR count). The summed E-state index contributed by atoms with van der Waals surface area (Å²) in [5.41, 5.74) is 2.49. The number of pyridine rings is 1. The summed E-state index contributed by atoms with van der Waals surface area (Å²) in [6.07, 6.45) is 1.58. The zero-order chi connectivity index (χ0) is 14.3. The van der Waals surface area contributed by atoms with Crippen molar-refractivity contribution in [1.82, 2.24) is 15.0 Å². The highest BCUT2D eigenvalue weighted by Crippen LogP contribution is 2.27. The molecule has 1 aromatic carbocycles. The molecule has 102 valence electrons. The molecule has 0 bridgehead atoms. The van der Waals surface area contributed by atoms with Crippen molar-refractivity contribution in [1.29, 1.82) is 0 Å². The third kappa shape index (κ3) is 2.12. The fraction of sp³-hybridized carbons (Fsp3) is 0.143. The van der Waals surface area contributed by atoms with Gasteiger partial charge in [-0.2, -0.15) is 12.6 Å². The van der Waals surface area contributed by atoms with Gasteiger partial charge in [0.1, 0.15) is 16.9 Å². The first-order chi connectivity index (χ1) is 9.56. The van der Waals surface area contributed by atoms with Crippen LogP contribution >= 0.6 is 12.6 Å². The summed E-state index contributed by atoms with van der Waals surface area (Å²) in [6, 6.07) is 5.81. The second-order valence-electron chi connectivity index (χ2n) is 4.57. The van der Waals surface area contributed by atoms with E-state index < -0.39 is 5.25 Å². The van der Waals surface area contributed by atoms with E-state index >= 15 is 0 Å². The van der Waals surface area contributed by atoms with Gasteiger partial charge in [-0.1, -0.05) is 0 Å². The first-order valence-electron chi connectivity index (χ1n) is 6.07. The van der Waals surface area contributed by atoms with Crippen molar-refractivity contribution >= 4 is 23.7 Å². The van der Waals surface area contributed by atoms with Crippen LogP contribution in [0.5, 0.6) is 0 Å². The lowest BCUT2D eigenvalue weighted by atomic mass is 10.1.